The van der Waals surface area contributed by atoms with Crippen molar-refractivity contribution in [2.24, 2.45) is 0 Å². The molecule has 0 saturated carbocycles. The number of non-ortho nitro benzene ring substituents is 1. The summed E-state index contributed by atoms with van der Waals surface area (Å²) in [5, 5.41) is 11.2. The van der Waals surface area contributed by atoms with Gasteiger partial charge in [0.15, 0.2) is 0 Å². The highest BCUT2D eigenvalue weighted by Crippen LogP contribution is 2.57. The molecule has 3 unspecified atom stereocenters. The van der Waals surface area contributed by atoms with E-state index in [2.05, 4.69) is 0 Å². The van der Waals surface area contributed by atoms with Gasteiger partial charge in [-0.15, -0.1) is 0 Å². The number of benzene rings is 2. The van der Waals surface area contributed by atoms with Crippen LogP contribution in [-0.2, 0) is 18.3 Å². The van der Waals surface area contributed by atoms with E-state index in [4.69, 9.17) is 29.9 Å². The zero-order valence-corrected chi connectivity index (χ0v) is 15.3. The van der Waals surface area contributed by atoms with Crippen LogP contribution >= 0.6 is 19.4 Å². The fraction of sp³-hybridized carbons (Fsp3) is 0.250. The van der Waals surface area contributed by atoms with Crippen LogP contribution in [-0.4, -0.2) is 24.7 Å². The molecule has 1 aliphatic heterocycles. The Balaban J connectivity index is 1.81. The third-order valence-electron chi connectivity index (χ3n) is 3.72. The number of methoxy groups -OCH3 is 1. The molecule has 0 bridgehead atoms. The third kappa shape index (κ3) is 4.23. The maximum absolute atomic E-state index is 12.9. The molecule has 0 radical (unpaired) electrons. The number of hydrogen-bond acceptors (Lipinski definition) is 7. The van der Waals surface area contributed by atoms with E-state index in [1.807, 2.05) is 0 Å². The quantitative estimate of drug-likeness (QED) is 0.413. The molecule has 0 spiro atoms. The minimum atomic E-state index is -3.95. The summed E-state index contributed by atoms with van der Waals surface area (Å²) in [6, 6.07) is 12.0. The summed E-state index contributed by atoms with van der Waals surface area (Å²) in [5.41, 5.74) is 0.553. The molecule has 2 aromatic carbocycles. The molecule has 1 heterocycles. The molecule has 26 heavy (non-hydrogen) atoms. The van der Waals surface area contributed by atoms with Crippen molar-refractivity contribution in [3.63, 3.8) is 0 Å². The fourth-order valence-corrected chi connectivity index (χ4v) is 4.05. The molecule has 138 valence electrons. The zero-order chi connectivity index (χ0) is 18.7. The van der Waals surface area contributed by atoms with Gasteiger partial charge in [-0.25, -0.2) is 4.57 Å². The van der Waals surface area contributed by atoms with E-state index in [1.54, 1.807) is 24.3 Å². The molecule has 1 saturated heterocycles. The van der Waals surface area contributed by atoms with Gasteiger partial charge in [0.1, 0.15) is 18.0 Å². The van der Waals surface area contributed by atoms with E-state index in [0.29, 0.717) is 10.6 Å². The molecule has 8 nitrogen and oxygen atoms in total. The predicted molar refractivity (Wildman–Crippen MR) is 93.4 cm³/mol. The second-order valence-corrected chi connectivity index (χ2v) is 7.42. The lowest BCUT2D eigenvalue weighted by atomic mass is 10.1. The average molecular weight is 400 g/mol. The van der Waals surface area contributed by atoms with Crippen molar-refractivity contribution in [1.29, 1.82) is 0 Å². The minimum absolute atomic E-state index is 0.0159. The number of halogens is 1. The lowest BCUT2D eigenvalue weighted by molar-refractivity contribution is -0.384. The van der Waals surface area contributed by atoms with Crippen LogP contribution in [0.4, 0.5) is 5.69 Å². The fourth-order valence-electron chi connectivity index (χ4n) is 2.45. The molecule has 2 aromatic rings. The van der Waals surface area contributed by atoms with E-state index >= 15 is 0 Å². The summed E-state index contributed by atoms with van der Waals surface area (Å²) < 4.78 is 34.4. The summed E-state index contributed by atoms with van der Waals surface area (Å²) in [7, 11) is -2.47. The number of nitro groups is 1. The minimum Gasteiger partial charge on any atom is -0.404 e. The summed E-state index contributed by atoms with van der Waals surface area (Å²) in [6.45, 7) is -0.0159. The smallest absolute Gasteiger partial charge is 0.404 e. The van der Waals surface area contributed by atoms with Gasteiger partial charge in [0.25, 0.3) is 5.69 Å². The van der Waals surface area contributed by atoms with E-state index in [9.17, 15) is 14.7 Å². The van der Waals surface area contributed by atoms with Gasteiger partial charge in [0, 0.05) is 24.3 Å². The first-order valence-corrected chi connectivity index (χ1v) is 9.39. The molecule has 10 heteroatoms. The highest BCUT2D eigenvalue weighted by Gasteiger charge is 2.43. The summed E-state index contributed by atoms with van der Waals surface area (Å²) >= 11 is 6.01. The molecular weight excluding hydrogens is 385 g/mol. The van der Waals surface area contributed by atoms with Crippen molar-refractivity contribution in [2.75, 3.05) is 13.7 Å². The number of phosphoric acid groups is 1. The SMILES string of the molecule is COC1COP(=O)(Oc2ccc([N+](=O)[O-])cc2)OC1c1cccc(Cl)c1. The number of nitrogens with zero attached hydrogens (tertiary/aromatic N) is 1. The molecule has 0 amide bonds. The second-order valence-electron chi connectivity index (χ2n) is 5.44. The van der Waals surface area contributed by atoms with Crippen LogP contribution in [0.25, 0.3) is 0 Å². The Morgan fingerprint density at radius 2 is 2.00 bits per heavy atom. The molecule has 3 rings (SSSR count). The molecule has 0 N–H and O–H groups in total. The van der Waals surface area contributed by atoms with Gasteiger partial charge in [-0.3, -0.25) is 19.2 Å². The Morgan fingerprint density at radius 3 is 2.62 bits per heavy atom. The Hall–Kier alpha value is -1.96. The molecule has 1 aliphatic rings. The lowest BCUT2D eigenvalue weighted by Crippen LogP contribution is -2.33. The van der Waals surface area contributed by atoms with Crippen molar-refractivity contribution >= 4 is 25.1 Å². The summed E-state index contributed by atoms with van der Waals surface area (Å²) in [6.07, 6.45) is -1.22. The first-order chi connectivity index (χ1) is 12.4. The summed E-state index contributed by atoms with van der Waals surface area (Å²) in [4.78, 5) is 10.2. The Bertz CT molecular complexity index is 845. The van der Waals surface area contributed by atoms with Crippen LogP contribution in [0.2, 0.25) is 5.02 Å². The van der Waals surface area contributed by atoms with Crippen LogP contribution in [0.15, 0.2) is 48.5 Å². The van der Waals surface area contributed by atoms with Gasteiger partial charge in [-0.2, -0.15) is 0 Å². The zero-order valence-electron chi connectivity index (χ0n) is 13.6. The van der Waals surface area contributed by atoms with Crippen LogP contribution in [0, 0.1) is 10.1 Å². The molecular formula is C16H15ClNO7P. The number of phosphoric ester groups is 1. The van der Waals surface area contributed by atoms with Gasteiger partial charge < -0.3 is 9.26 Å². The first-order valence-electron chi connectivity index (χ1n) is 7.55. The maximum atomic E-state index is 12.9. The van der Waals surface area contributed by atoms with Crippen molar-refractivity contribution in [3.05, 3.63) is 69.2 Å². The number of hydrogen-bond donors (Lipinski definition) is 0. The second kappa shape index (κ2) is 7.73. The Morgan fingerprint density at radius 1 is 1.27 bits per heavy atom. The largest absolute Gasteiger partial charge is 0.530 e. The van der Waals surface area contributed by atoms with Crippen LogP contribution < -0.4 is 4.52 Å². The standard InChI is InChI=1S/C16H15ClNO7P/c1-22-15-10-23-26(21,24-14-7-5-13(6-8-14)18(19)20)25-16(15)11-3-2-4-12(17)9-11/h2-9,15-16H,10H2,1H3. The van der Waals surface area contributed by atoms with E-state index < -0.39 is 25.0 Å². The number of nitro benzene ring substituents is 1. The maximum Gasteiger partial charge on any atom is 0.530 e. The third-order valence-corrected chi connectivity index (χ3v) is 5.34. The van der Waals surface area contributed by atoms with Crippen LogP contribution in [0.5, 0.6) is 5.75 Å². The highest BCUT2D eigenvalue weighted by atomic mass is 35.5. The van der Waals surface area contributed by atoms with Crippen molar-refractivity contribution in [3.8, 4) is 5.75 Å². The molecule has 3 atom stereocenters. The van der Waals surface area contributed by atoms with Crippen molar-refractivity contribution in [2.45, 2.75) is 12.2 Å². The number of rotatable bonds is 5. The average Bonchev–Trinajstić information content (AvgIpc) is 2.62. The van der Waals surface area contributed by atoms with E-state index in [-0.39, 0.29) is 18.0 Å². The van der Waals surface area contributed by atoms with Gasteiger partial charge in [0.05, 0.1) is 11.5 Å². The van der Waals surface area contributed by atoms with Crippen molar-refractivity contribution < 1.29 is 27.8 Å². The first kappa shape index (κ1) is 18.8. The highest BCUT2D eigenvalue weighted by molar-refractivity contribution is 7.49. The normalized spacial score (nSPS) is 25.6. The van der Waals surface area contributed by atoms with Gasteiger partial charge in [0.2, 0.25) is 0 Å². The van der Waals surface area contributed by atoms with E-state index in [1.165, 1.54) is 31.4 Å². The Labute approximate surface area is 154 Å². The molecule has 0 aromatic heterocycles. The number of ether oxygens (including phenoxy) is 1. The lowest BCUT2D eigenvalue weighted by Gasteiger charge is -2.34. The molecule has 1 fully saturated rings. The van der Waals surface area contributed by atoms with Crippen LogP contribution in [0.1, 0.15) is 11.7 Å². The Kier molecular flexibility index (Phi) is 5.60. The van der Waals surface area contributed by atoms with Gasteiger partial charge >= 0.3 is 7.82 Å². The van der Waals surface area contributed by atoms with Gasteiger partial charge in [-0.1, -0.05) is 23.7 Å². The van der Waals surface area contributed by atoms with Gasteiger partial charge in [-0.05, 0) is 29.8 Å². The van der Waals surface area contributed by atoms with E-state index in [0.717, 1.165) is 0 Å². The van der Waals surface area contributed by atoms with Crippen LogP contribution in [0.3, 0.4) is 0 Å². The topological polar surface area (TPSA) is 97.1 Å². The monoisotopic (exact) mass is 399 g/mol. The molecule has 0 aliphatic carbocycles. The van der Waals surface area contributed by atoms with Crippen molar-refractivity contribution in [1.82, 2.24) is 0 Å². The predicted octanol–water partition coefficient (Wildman–Crippen LogP) is 4.54. The summed E-state index contributed by atoms with van der Waals surface area (Å²) in [5.74, 6) is 0.125.